The molecule has 40 heavy (non-hydrogen) atoms. The largest absolute Gasteiger partial charge is 0.307 e. The zero-order valence-electron chi connectivity index (χ0n) is 21.2. The molecule has 0 fully saturated rings. The van der Waals surface area contributed by atoms with Crippen LogP contribution >= 0.6 is 11.3 Å². The number of hydrogen-bond donors (Lipinski definition) is 0. The quantitative estimate of drug-likeness (QED) is 0.210. The first-order valence-electron chi connectivity index (χ1n) is 13.3. The van der Waals surface area contributed by atoms with Crippen LogP contribution in [0.4, 0.5) is 0 Å². The SMILES string of the molecule is c1ccc(-c2ccc3c(n2)c2c4sc5ccccc5c4ccc2n3-c2cc3cccnc3c3ncccc23)cc1. The van der Waals surface area contributed by atoms with Crippen LogP contribution in [0.2, 0.25) is 0 Å². The maximum Gasteiger partial charge on any atom is 0.0985 e. The molecule has 0 atom stereocenters. The number of rotatable bonds is 2. The third-order valence-electron chi connectivity index (χ3n) is 7.87. The fourth-order valence-electron chi connectivity index (χ4n) is 6.11. The van der Waals surface area contributed by atoms with Crippen molar-refractivity contribution in [2.24, 2.45) is 0 Å². The van der Waals surface area contributed by atoms with Crippen molar-refractivity contribution in [1.29, 1.82) is 0 Å². The van der Waals surface area contributed by atoms with Gasteiger partial charge >= 0.3 is 0 Å². The fourth-order valence-corrected chi connectivity index (χ4v) is 7.36. The second kappa shape index (κ2) is 8.18. The molecule has 5 heteroatoms. The molecule has 9 rings (SSSR count). The topological polar surface area (TPSA) is 43.6 Å². The number of thiophene rings is 1. The summed E-state index contributed by atoms with van der Waals surface area (Å²) in [7, 11) is 0. The number of fused-ring (bicyclic) bond motifs is 10. The normalized spacial score (nSPS) is 12.0. The molecule has 5 heterocycles. The maximum atomic E-state index is 5.34. The lowest BCUT2D eigenvalue weighted by Crippen LogP contribution is -1.98. The molecule has 0 saturated carbocycles. The van der Waals surface area contributed by atoms with Gasteiger partial charge < -0.3 is 4.57 Å². The number of nitrogens with zero attached hydrogens (tertiary/aromatic N) is 4. The highest BCUT2D eigenvalue weighted by Crippen LogP contribution is 2.44. The van der Waals surface area contributed by atoms with Gasteiger partial charge in [-0.1, -0.05) is 60.7 Å². The molecule has 186 valence electrons. The van der Waals surface area contributed by atoms with Gasteiger partial charge in [0, 0.05) is 54.3 Å². The lowest BCUT2D eigenvalue weighted by atomic mass is 10.1. The lowest BCUT2D eigenvalue weighted by Gasteiger charge is -2.13. The summed E-state index contributed by atoms with van der Waals surface area (Å²) in [4.78, 5) is 14.8. The van der Waals surface area contributed by atoms with E-state index in [0.29, 0.717) is 0 Å². The van der Waals surface area contributed by atoms with Crippen LogP contribution in [0.1, 0.15) is 0 Å². The van der Waals surface area contributed by atoms with Crippen molar-refractivity contribution in [3.8, 4) is 16.9 Å². The van der Waals surface area contributed by atoms with E-state index >= 15 is 0 Å². The van der Waals surface area contributed by atoms with Crippen LogP contribution in [0.25, 0.3) is 80.9 Å². The van der Waals surface area contributed by atoms with Crippen molar-refractivity contribution in [1.82, 2.24) is 19.5 Å². The summed E-state index contributed by atoms with van der Waals surface area (Å²) in [5, 5.41) is 5.88. The molecular weight excluding hydrogens is 508 g/mol. The second-order valence-corrected chi connectivity index (χ2v) is 11.1. The third kappa shape index (κ3) is 2.98. The van der Waals surface area contributed by atoms with Crippen LogP contribution in [-0.4, -0.2) is 19.5 Å². The summed E-state index contributed by atoms with van der Waals surface area (Å²) in [5.41, 5.74) is 8.21. The van der Waals surface area contributed by atoms with E-state index in [1.54, 1.807) is 0 Å². The van der Waals surface area contributed by atoms with E-state index in [9.17, 15) is 0 Å². The van der Waals surface area contributed by atoms with Crippen LogP contribution in [0, 0.1) is 0 Å². The summed E-state index contributed by atoms with van der Waals surface area (Å²) in [5.74, 6) is 0. The number of pyridine rings is 3. The van der Waals surface area contributed by atoms with Gasteiger partial charge in [-0.3, -0.25) is 9.97 Å². The van der Waals surface area contributed by atoms with Gasteiger partial charge in [-0.05, 0) is 48.5 Å². The first-order chi connectivity index (χ1) is 19.8. The van der Waals surface area contributed by atoms with Gasteiger partial charge in [-0.25, -0.2) is 4.98 Å². The fraction of sp³-hybridized carbons (Fsp3) is 0. The van der Waals surface area contributed by atoms with E-state index in [1.807, 2.05) is 41.9 Å². The molecular formula is C35H20N4S. The number of benzene rings is 4. The molecule has 0 aliphatic rings. The first kappa shape index (κ1) is 21.8. The minimum absolute atomic E-state index is 0.905. The predicted octanol–water partition coefficient (Wildman–Crippen LogP) is 9.31. The van der Waals surface area contributed by atoms with Gasteiger partial charge in [-0.15, -0.1) is 11.3 Å². The molecule has 9 aromatic rings. The van der Waals surface area contributed by atoms with Crippen LogP contribution in [-0.2, 0) is 0 Å². The van der Waals surface area contributed by atoms with Gasteiger partial charge in [-0.2, -0.15) is 0 Å². The summed E-state index contributed by atoms with van der Waals surface area (Å²) in [6.45, 7) is 0. The summed E-state index contributed by atoms with van der Waals surface area (Å²) < 4.78 is 4.92. The molecule has 0 bridgehead atoms. The van der Waals surface area contributed by atoms with Crippen molar-refractivity contribution in [3.63, 3.8) is 0 Å². The third-order valence-corrected chi connectivity index (χ3v) is 9.07. The molecule has 0 radical (unpaired) electrons. The zero-order valence-corrected chi connectivity index (χ0v) is 22.1. The summed E-state index contributed by atoms with van der Waals surface area (Å²) in [6, 6.07) is 38.5. The highest BCUT2D eigenvalue weighted by Gasteiger charge is 2.21. The Labute approximate surface area is 232 Å². The van der Waals surface area contributed by atoms with Gasteiger partial charge in [0.2, 0.25) is 0 Å². The second-order valence-electron chi connectivity index (χ2n) is 10.1. The Balaban J connectivity index is 1.49. The van der Waals surface area contributed by atoms with E-state index < -0.39 is 0 Å². The Bertz CT molecular complexity index is 2440. The van der Waals surface area contributed by atoms with Crippen molar-refractivity contribution in [2.75, 3.05) is 0 Å². The van der Waals surface area contributed by atoms with E-state index in [1.165, 1.54) is 25.6 Å². The van der Waals surface area contributed by atoms with Crippen molar-refractivity contribution >= 4 is 75.3 Å². The lowest BCUT2D eigenvalue weighted by molar-refractivity contribution is 1.19. The predicted molar refractivity (Wildman–Crippen MR) is 168 cm³/mol. The molecule has 0 aliphatic carbocycles. The Morgan fingerprint density at radius 1 is 0.575 bits per heavy atom. The summed E-state index contributed by atoms with van der Waals surface area (Å²) in [6.07, 6.45) is 3.68. The van der Waals surface area contributed by atoms with Crippen LogP contribution in [0.5, 0.6) is 0 Å². The van der Waals surface area contributed by atoms with E-state index in [-0.39, 0.29) is 0 Å². The molecule has 5 aromatic heterocycles. The van der Waals surface area contributed by atoms with Crippen molar-refractivity contribution < 1.29 is 0 Å². The summed E-state index contributed by atoms with van der Waals surface area (Å²) >= 11 is 1.85. The highest BCUT2D eigenvalue weighted by atomic mass is 32.1. The molecule has 0 saturated heterocycles. The minimum atomic E-state index is 0.905. The smallest absolute Gasteiger partial charge is 0.0985 e. The molecule has 4 nitrogen and oxygen atoms in total. The standard InChI is InChI=1S/C35H20N4S/c1-2-8-21(9-3-1)26-15-17-28-34(38-26)31-27(16-14-24-23-11-4-5-13-30(23)40-35(24)31)39(28)29-20-22-10-6-18-36-32(22)33-25(29)12-7-19-37-33/h1-20H. The minimum Gasteiger partial charge on any atom is -0.307 e. The van der Waals surface area contributed by atoms with Gasteiger partial charge in [0.15, 0.2) is 0 Å². The first-order valence-corrected chi connectivity index (χ1v) is 14.1. The molecule has 0 amide bonds. The van der Waals surface area contributed by atoms with Gasteiger partial charge in [0.1, 0.15) is 0 Å². The van der Waals surface area contributed by atoms with E-state index in [4.69, 9.17) is 9.97 Å². The Morgan fingerprint density at radius 2 is 1.35 bits per heavy atom. The van der Waals surface area contributed by atoms with Crippen molar-refractivity contribution in [2.45, 2.75) is 0 Å². The zero-order chi connectivity index (χ0) is 26.2. The molecule has 0 unspecified atom stereocenters. The number of aromatic nitrogens is 4. The Hall–Kier alpha value is -5.13. The average Bonchev–Trinajstić information content (AvgIpc) is 3.56. The van der Waals surface area contributed by atoms with Gasteiger partial charge in [0.25, 0.3) is 0 Å². The maximum absolute atomic E-state index is 5.34. The average molecular weight is 529 g/mol. The molecule has 0 spiro atoms. The molecule has 0 aliphatic heterocycles. The molecule has 4 aromatic carbocycles. The Kier molecular flexibility index (Phi) is 4.45. The van der Waals surface area contributed by atoms with E-state index in [2.05, 4.69) is 101 Å². The monoisotopic (exact) mass is 528 g/mol. The van der Waals surface area contributed by atoms with Crippen LogP contribution in [0.15, 0.2) is 122 Å². The van der Waals surface area contributed by atoms with Crippen LogP contribution in [0.3, 0.4) is 0 Å². The Morgan fingerprint density at radius 3 is 2.27 bits per heavy atom. The van der Waals surface area contributed by atoms with E-state index in [0.717, 1.165) is 55.3 Å². The van der Waals surface area contributed by atoms with Crippen LogP contribution < -0.4 is 0 Å². The van der Waals surface area contributed by atoms with Gasteiger partial charge in [0.05, 0.1) is 39.0 Å². The molecule has 0 N–H and O–H groups in total. The highest BCUT2D eigenvalue weighted by molar-refractivity contribution is 7.26. The van der Waals surface area contributed by atoms with Crippen molar-refractivity contribution in [3.05, 3.63) is 122 Å². The number of hydrogen-bond acceptors (Lipinski definition) is 4.